The zero-order chi connectivity index (χ0) is 15.0. The third-order valence-electron chi connectivity index (χ3n) is 3.24. The number of thioether (sulfide) groups is 2. The highest BCUT2D eigenvalue weighted by atomic mass is 32.2. The summed E-state index contributed by atoms with van der Waals surface area (Å²) in [6.45, 7) is 6.39. The second-order valence-corrected chi connectivity index (χ2v) is 8.44. The van der Waals surface area contributed by atoms with Crippen LogP contribution in [-0.2, 0) is 6.42 Å². The van der Waals surface area contributed by atoms with Crippen LogP contribution in [0.4, 0.5) is 0 Å². The summed E-state index contributed by atoms with van der Waals surface area (Å²) in [6.07, 6.45) is 0.885. The minimum atomic E-state index is 0.0729. The minimum Gasteiger partial charge on any atom is -0.268 e. The largest absolute Gasteiger partial charge is 0.272 e. The van der Waals surface area contributed by atoms with Gasteiger partial charge in [-0.2, -0.15) is 0 Å². The second kappa shape index (κ2) is 5.89. The van der Waals surface area contributed by atoms with Crippen molar-refractivity contribution in [2.75, 3.05) is 0 Å². The fraction of sp³-hybridized carbons (Fsp3) is 0.375. The Kier molecular flexibility index (Phi) is 4.13. The monoisotopic (exact) mass is 318 g/mol. The predicted molar refractivity (Wildman–Crippen MR) is 89.9 cm³/mol. The summed E-state index contributed by atoms with van der Waals surface area (Å²) in [4.78, 5) is 18.5. The molecule has 0 bridgehead atoms. The maximum atomic E-state index is 12.9. The molecule has 0 N–H and O–H groups in total. The lowest BCUT2D eigenvalue weighted by atomic mass is 10.2. The lowest BCUT2D eigenvalue weighted by molar-refractivity contribution is 0.729. The van der Waals surface area contributed by atoms with Gasteiger partial charge in [0.1, 0.15) is 0 Å². The molecular weight excluding hydrogens is 300 g/mol. The summed E-state index contributed by atoms with van der Waals surface area (Å²) >= 11 is 3.29. The molecule has 3 rings (SSSR count). The van der Waals surface area contributed by atoms with E-state index in [1.807, 2.05) is 30.3 Å². The summed E-state index contributed by atoms with van der Waals surface area (Å²) in [5, 5.41) is 1.62. The van der Waals surface area contributed by atoms with Crippen LogP contribution in [0.15, 0.2) is 45.2 Å². The molecule has 0 amide bonds. The lowest BCUT2D eigenvalue weighted by Gasteiger charge is -2.14. The lowest BCUT2D eigenvalue weighted by Crippen LogP contribution is -2.24. The van der Waals surface area contributed by atoms with Gasteiger partial charge in [-0.1, -0.05) is 50.7 Å². The fourth-order valence-electron chi connectivity index (χ4n) is 2.39. The number of aromatic nitrogens is 2. The van der Waals surface area contributed by atoms with E-state index < -0.39 is 0 Å². The van der Waals surface area contributed by atoms with Crippen molar-refractivity contribution in [1.82, 2.24) is 9.55 Å². The summed E-state index contributed by atoms with van der Waals surface area (Å²) < 4.78 is 1.76. The van der Waals surface area contributed by atoms with E-state index in [0.29, 0.717) is 10.5 Å². The Bertz CT molecular complexity index is 710. The molecule has 0 aliphatic carbocycles. The van der Waals surface area contributed by atoms with E-state index >= 15 is 0 Å². The van der Waals surface area contributed by atoms with Gasteiger partial charge in [0.2, 0.25) is 0 Å². The van der Waals surface area contributed by atoms with Crippen LogP contribution in [0.2, 0.25) is 0 Å². The maximum Gasteiger partial charge on any atom is 0.272 e. The third-order valence-corrected chi connectivity index (χ3v) is 5.41. The van der Waals surface area contributed by atoms with E-state index in [1.165, 1.54) is 0 Å². The Balaban J connectivity index is 2.22. The number of nitrogens with zero attached hydrogens (tertiary/aromatic N) is 2. The molecule has 1 aliphatic rings. The Morgan fingerprint density at radius 3 is 2.71 bits per heavy atom. The molecule has 1 atom stereocenters. The van der Waals surface area contributed by atoms with E-state index in [9.17, 15) is 4.79 Å². The number of rotatable bonds is 3. The van der Waals surface area contributed by atoms with E-state index in [4.69, 9.17) is 4.98 Å². The average molecular weight is 318 g/mol. The SMILES string of the molecule is CC(C)Sc1nc2c(c(=O)n1-c1ccccc1)SC(C)C2. The van der Waals surface area contributed by atoms with Gasteiger partial charge in [-0.3, -0.25) is 9.36 Å². The standard InChI is InChI=1S/C16H18N2OS2/c1-10(2)20-16-17-13-9-11(3)21-14(13)15(19)18(16)12-7-5-4-6-8-12/h4-8,10-11H,9H2,1-3H3. The molecule has 0 fully saturated rings. The molecular formula is C16H18N2OS2. The molecule has 5 heteroatoms. The fourth-order valence-corrected chi connectivity index (χ4v) is 4.37. The van der Waals surface area contributed by atoms with Crippen molar-refractivity contribution < 1.29 is 0 Å². The van der Waals surface area contributed by atoms with Gasteiger partial charge < -0.3 is 0 Å². The Morgan fingerprint density at radius 1 is 1.33 bits per heavy atom. The first-order chi connectivity index (χ1) is 10.1. The molecule has 0 spiro atoms. The third kappa shape index (κ3) is 2.90. The van der Waals surface area contributed by atoms with Gasteiger partial charge in [0.15, 0.2) is 5.16 Å². The highest BCUT2D eigenvalue weighted by Gasteiger charge is 2.26. The number of hydrogen-bond acceptors (Lipinski definition) is 4. The summed E-state index contributed by atoms with van der Waals surface area (Å²) in [6, 6.07) is 9.79. The van der Waals surface area contributed by atoms with Crippen molar-refractivity contribution in [2.45, 2.75) is 47.7 Å². The predicted octanol–water partition coefficient (Wildman–Crippen LogP) is 3.77. The van der Waals surface area contributed by atoms with Crippen molar-refractivity contribution >= 4 is 23.5 Å². The van der Waals surface area contributed by atoms with E-state index in [0.717, 1.165) is 27.9 Å². The van der Waals surface area contributed by atoms with Gasteiger partial charge >= 0.3 is 0 Å². The van der Waals surface area contributed by atoms with Crippen molar-refractivity contribution in [1.29, 1.82) is 0 Å². The number of para-hydroxylation sites is 1. The normalized spacial score (nSPS) is 17.2. The van der Waals surface area contributed by atoms with Crippen LogP contribution >= 0.6 is 23.5 Å². The summed E-state index contributed by atoms with van der Waals surface area (Å²) in [5.74, 6) is 0. The molecule has 0 saturated carbocycles. The molecule has 1 aliphatic heterocycles. The quantitative estimate of drug-likeness (QED) is 0.637. The first kappa shape index (κ1) is 14.7. The van der Waals surface area contributed by atoms with Crippen molar-refractivity contribution in [3.05, 3.63) is 46.4 Å². The zero-order valence-electron chi connectivity index (χ0n) is 12.4. The van der Waals surface area contributed by atoms with Gasteiger partial charge in [-0.05, 0) is 12.1 Å². The molecule has 1 aromatic heterocycles. The highest BCUT2D eigenvalue weighted by molar-refractivity contribution is 8.00. The van der Waals surface area contributed by atoms with Gasteiger partial charge in [0.05, 0.1) is 16.3 Å². The molecule has 1 aromatic carbocycles. The van der Waals surface area contributed by atoms with E-state index in [-0.39, 0.29) is 5.56 Å². The van der Waals surface area contributed by atoms with Gasteiger partial charge in [0, 0.05) is 16.9 Å². The molecule has 3 nitrogen and oxygen atoms in total. The van der Waals surface area contributed by atoms with Crippen molar-refractivity contribution in [3.8, 4) is 5.69 Å². The number of hydrogen-bond donors (Lipinski definition) is 0. The minimum absolute atomic E-state index is 0.0729. The highest BCUT2D eigenvalue weighted by Crippen LogP contribution is 2.35. The van der Waals surface area contributed by atoms with Crippen LogP contribution in [0.1, 0.15) is 26.5 Å². The number of benzene rings is 1. The summed E-state index contributed by atoms with van der Waals surface area (Å²) in [7, 11) is 0. The zero-order valence-corrected chi connectivity index (χ0v) is 14.0. The number of fused-ring (bicyclic) bond motifs is 1. The molecule has 110 valence electrons. The van der Waals surface area contributed by atoms with Crippen LogP contribution < -0.4 is 5.56 Å². The molecule has 0 saturated heterocycles. The second-order valence-electron chi connectivity index (χ2n) is 5.45. The van der Waals surface area contributed by atoms with Crippen molar-refractivity contribution in [2.24, 2.45) is 0 Å². The van der Waals surface area contributed by atoms with Crippen LogP contribution in [0, 0.1) is 0 Å². The molecule has 0 radical (unpaired) electrons. The first-order valence-electron chi connectivity index (χ1n) is 7.11. The molecule has 2 aromatic rings. The summed E-state index contributed by atoms with van der Waals surface area (Å²) in [5.41, 5.74) is 1.93. The van der Waals surface area contributed by atoms with Crippen LogP contribution in [-0.4, -0.2) is 20.1 Å². The van der Waals surface area contributed by atoms with Crippen LogP contribution in [0.3, 0.4) is 0 Å². The smallest absolute Gasteiger partial charge is 0.268 e. The van der Waals surface area contributed by atoms with E-state index in [2.05, 4.69) is 20.8 Å². The van der Waals surface area contributed by atoms with Gasteiger partial charge in [-0.15, -0.1) is 11.8 Å². The van der Waals surface area contributed by atoms with Crippen LogP contribution in [0.5, 0.6) is 0 Å². The van der Waals surface area contributed by atoms with Gasteiger partial charge in [0.25, 0.3) is 5.56 Å². The topological polar surface area (TPSA) is 34.9 Å². The average Bonchev–Trinajstić information content (AvgIpc) is 2.80. The first-order valence-corrected chi connectivity index (χ1v) is 8.87. The molecule has 21 heavy (non-hydrogen) atoms. The molecule has 2 heterocycles. The van der Waals surface area contributed by atoms with Crippen LogP contribution in [0.25, 0.3) is 5.69 Å². The van der Waals surface area contributed by atoms with Crippen molar-refractivity contribution in [3.63, 3.8) is 0 Å². The Labute approximate surface area is 133 Å². The van der Waals surface area contributed by atoms with Gasteiger partial charge in [-0.25, -0.2) is 4.98 Å². The Morgan fingerprint density at radius 2 is 2.05 bits per heavy atom. The Hall–Kier alpha value is -1.20. The maximum absolute atomic E-state index is 12.9. The molecule has 1 unspecified atom stereocenters. The van der Waals surface area contributed by atoms with E-state index in [1.54, 1.807) is 28.1 Å².